The van der Waals surface area contributed by atoms with Crippen LogP contribution < -0.4 is 19.5 Å². The second-order valence-corrected chi connectivity index (χ2v) is 5.16. The van der Waals surface area contributed by atoms with Crippen molar-refractivity contribution in [3.63, 3.8) is 0 Å². The highest BCUT2D eigenvalue weighted by atomic mass is 16.5. The Balaban J connectivity index is 2.23. The van der Waals surface area contributed by atoms with Gasteiger partial charge < -0.3 is 19.5 Å². The second-order valence-electron chi connectivity index (χ2n) is 5.16. The Hall–Kier alpha value is -3.46. The molecular formula is C20H20N2O4. The van der Waals surface area contributed by atoms with E-state index in [1.807, 2.05) is 13.0 Å². The van der Waals surface area contributed by atoms with Crippen molar-refractivity contribution in [2.45, 2.75) is 6.92 Å². The van der Waals surface area contributed by atoms with E-state index in [-0.39, 0.29) is 5.57 Å². The number of carbonyl (C=O) groups is 1. The van der Waals surface area contributed by atoms with Crippen molar-refractivity contribution >= 4 is 17.7 Å². The molecule has 6 heteroatoms. The van der Waals surface area contributed by atoms with Gasteiger partial charge in [-0.3, -0.25) is 4.79 Å². The minimum atomic E-state index is -0.512. The van der Waals surface area contributed by atoms with Crippen LogP contribution in [0.4, 0.5) is 5.69 Å². The number of methoxy groups -OCH3 is 2. The van der Waals surface area contributed by atoms with E-state index in [1.54, 1.807) is 42.5 Å². The predicted molar refractivity (Wildman–Crippen MR) is 99.4 cm³/mol. The SMILES string of the molecule is CCOc1ccc(NC(=O)/C(C#N)=C/c2cccc(OC)c2OC)cc1. The molecule has 0 fully saturated rings. The number of hydrogen-bond donors (Lipinski definition) is 1. The van der Waals surface area contributed by atoms with Gasteiger partial charge in [-0.15, -0.1) is 0 Å². The van der Waals surface area contributed by atoms with Crippen LogP contribution in [0.2, 0.25) is 0 Å². The quantitative estimate of drug-likeness (QED) is 0.608. The van der Waals surface area contributed by atoms with Crippen LogP contribution in [-0.4, -0.2) is 26.7 Å². The molecule has 0 radical (unpaired) electrons. The zero-order valence-corrected chi connectivity index (χ0v) is 14.9. The number of rotatable bonds is 7. The van der Waals surface area contributed by atoms with Gasteiger partial charge in [0.25, 0.3) is 5.91 Å². The predicted octanol–water partition coefficient (Wildman–Crippen LogP) is 3.65. The van der Waals surface area contributed by atoms with Crippen LogP contribution in [0.5, 0.6) is 17.2 Å². The highest BCUT2D eigenvalue weighted by Gasteiger charge is 2.13. The van der Waals surface area contributed by atoms with E-state index in [4.69, 9.17) is 14.2 Å². The van der Waals surface area contributed by atoms with Gasteiger partial charge in [-0.1, -0.05) is 12.1 Å². The lowest BCUT2D eigenvalue weighted by Crippen LogP contribution is -2.13. The maximum atomic E-state index is 12.4. The van der Waals surface area contributed by atoms with Crippen molar-refractivity contribution in [1.82, 2.24) is 0 Å². The van der Waals surface area contributed by atoms with Crippen molar-refractivity contribution in [1.29, 1.82) is 5.26 Å². The molecule has 0 atom stereocenters. The summed E-state index contributed by atoms with van der Waals surface area (Å²) in [6.45, 7) is 2.46. The fraction of sp³-hybridized carbons (Fsp3) is 0.200. The van der Waals surface area contributed by atoms with Gasteiger partial charge in [0.1, 0.15) is 17.4 Å². The zero-order valence-electron chi connectivity index (χ0n) is 14.9. The Labute approximate surface area is 152 Å². The minimum absolute atomic E-state index is 0.0505. The summed E-state index contributed by atoms with van der Waals surface area (Å²) in [5.41, 5.74) is 1.09. The van der Waals surface area contributed by atoms with Crippen LogP contribution >= 0.6 is 0 Å². The summed E-state index contributed by atoms with van der Waals surface area (Å²) in [6.07, 6.45) is 1.46. The highest BCUT2D eigenvalue weighted by molar-refractivity contribution is 6.09. The number of benzene rings is 2. The van der Waals surface area contributed by atoms with Crippen LogP contribution in [0, 0.1) is 11.3 Å². The lowest BCUT2D eigenvalue weighted by atomic mass is 10.1. The zero-order chi connectivity index (χ0) is 18.9. The number of nitriles is 1. The third kappa shape index (κ3) is 4.54. The van der Waals surface area contributed by atoms with Gasteiger partial charge in [-0.05, 0) is 43.3 Å². The van der Waals surface area contributed by atoms with Crippen LogP contribution in [-0.2, 0) is 4.79 Å². The number of hydrogen-bond acceptors (Lipinski definition) is 5. The minimum Gasteiger partial charge on any atom is -0.494 e. The van der Waals surface area contributed by atoms with Crippen molar-refractivity contribution in [2.24, 2.45) is 0 Å². The van der Waals surface area contributed by atoms with Gasteiger partial charge in [-0.25, -0.2) is 0 Å². The summed E-state index contributed by atoms with van der Waals surface area (Å²) < 4.78 is 15.9. The molecule has 0 aliphatic heterocycles. The molecule has 1 N–H and O–H groups in total. The topological polar surface area (TPSA) is 80.6 Å². The monoisotopic (exact) mass is 352 g/mol. The summed E-state index contributed by atoms with van der Waals surface area (Å²) in [6, 6.07) is 14.1. The number of nitrogens with one attached hydrogen (secondary N) is 1. The number of para-hydroxylation sites is 1. The second kappa shape index (κ2) is 9.14. The fourth-order valence-electron chi connectivity index (χ4n) is 2.33. The molecule has 0 spiro atoms. The van der Waals surface area contributed by atoms with Crippen LogP contribution in [0.3, 0.4) is 0 Å². The van der Waals surface area contributed by atoms with Gasteiger partial charge in [0.15, 0.2) is 11.5 Å². The molecule has 2 aromatic carbocycles. The summed E-state index contributed by atoms with van der Waals surface area (Å²) in [4.78, 5) is 12.4. The Morgan fingerprint density at radius 1 is 1.15 bits per heavy atom. The third-order valence-corrected chi connectivity index (χ3v) is 3.52. The molecule has 2 aromatic rings. The molecule has 0 saturated carbocycles. The average molecular weight is 352 g/mol. The third-order valence-electron chi connectivity index (χ3n) is 3.52. The standard InChI is InChI=1S/C20H20N2O4/c1-4-26-17-10-8-16(9-11-17)22-20(23)15(13-21)12-14-6-5-7-18(24-2)19(14)25-3/h5-12H,4H2,1-3H3,(H,22,23)/b15-12+. The number of carbonyl (C=O) groups excluding carboxylic acids is 1. The number of nitrogens with zero attached hydrogens (tertiary/aromatic N) is 1. The molecule has 0 aromatic heterocycles. The molecule has 0 bridgehead atoms. The van der Waals surface area contributed by atoms with Gasteiger partial charge in [0.05, 0.1) is 20.8 Å². The molecule has 0 saturated heterocycles. The van der Waals surface area contributed by atoms with Crippen LogP contribution in [0.25, 0.3) is 6.08 Å². The van der Waals surface area contributed by atoms with Crippen molar-refractivity contribution in [3.8, 4) is 23.3 Å². The lowest BCUT2D eigenvalue weighted by Gasteiger charge is -2.10. The summed E-state index contributed by atoms with van der Waals surface area (Å²) >= 11 is 0. The fourth-order valence-corrected chi connectivity index (χ4v) is 2.33. The molecule has 0 heterocycles. The largest absolute Gasteiger partial charge is 0.494 e. The Bertz CT molecular complexity index is 836. The summed E-state index contributed by atoms with van der Waals surface area (Å²) in [5.74, 6) is 1.17. The van der Waals surface area contributed by atoms with Crippen molar-refractivity contribution in [3.05, 3.63) is 53.6 Å². The first-order chi connectivity index (χ1) is 12.6. The number of amides is 1. The maximum Gasteiger partial charge on any atom is 0.266 e. The smallest absolute Gasteiger partial charge is 0.266 e. The van der Waals surface area contributed by atoms with Gasteiger partial charge >= 0.3 is 0 Å². The van der Waals surface area contributed by atoms with E-state index in [1.165, 1.54) is 20.3 Å². The highest BCUT2D eigenvalue weighted by Crippen LogP contribution is 2.32. The summed E-state index contributed by atoms with van der Waals surface area (Å²) in [7, 11) is 3.02. The van der Waals surface area contributed by atoms with Crippen LogP contribution in [0.1, 0.15) is 12.5 Å². The number of anilines is 1. The van der Waals surface area contributed by atoms with Crippen molar-refractivity contribution in [2.75, 3.05) is 26.1 Å². The first-order valence-electron chi connectivity index (χ1n) is 8.00. The molecule has 0 aliphatic carbocycles. The van der Waals surface area contributed by atoms with Gasteiger partial charge in [0, 0.05) is 11.3 Å². The molecule has 134 valence electrons. The normalized spacial score (nSPS) is 10.6. The van der Waals surface area contributed by atoms with E-state index in [2.05, 4.69) is 5.32 Å². The number of ether oxygens (including phenoxy) is 3. The summed E-state index contributed by atoms with van der Waals surface area (Å²) in [5, 5.41) is 12.1. The molecule has 0 aliphatic rings. The van der Waals surface area contributed by atoms with E-state index in [9.17, 15) is 10.1 Å². The molecule has 26 heavy (non-hydrogen) atoms. The average Bonchev–Trinajstić information content (AvgIpc) is 2.67. The van der Waals surface area contributed by atoms with E-state index >= 15 is 0 Å². The van der Waals surface area contributed by atoms with Gasteiger partial charge in [-0.2, -0.15) is 5.26 Å². The molecular weight excluding hydrogens is 332 g/mol. The maximum absolute atomic E-state index is 12.4. The van der Waals surface area contributed by atoms with Gasteiger partial charge in [0.2, 0.25) is 0 Å². The Morgan fingerprint density at radius 2 is 1.88 bits per heavy atom. The molecule has 2 rings (SSSR count). The van der Waals surface area contributed by atoms with Crippen molar-refractivity contribution < 1.29 is 19.0 Å². The Kier molecular flexibility index (Phi) is 6.63. The first-order valence-corrected chi connectivity index (χ1v) is 8.00. The molecule has 1 amide bonds. The van der Waals surface area contributed by atoms with E-state index in [0.717, 1.165) is 0 Å². The van der Waals surface area contributed by atoms with E-state index < -0.39 is 5.91 Å². The first kappa shape index (κ1) is 18.9. The molecule has 0 unspecified atom stereocenters. The lowest BCUT2D eigenvalue weighted by molar-refractivity contribution is -0.112. The Morgan fingerprint density at radius 3 is 2.46 bits per heavy atom. The van der Waals surface area contributed by atoms with E-state index in [0.29, 0.717) is 35.1 Å². The van der Waals surface area contributed by atoms with Crippen LogP contribution in [0.15, 0.2) is 48.0 Å². The molecule has 6 nitrogen and oxygen atoms in total.